The third-order valence-corrected chi connectivity index (χ3v) is 2.45. The third-order valence-electron chi connectivity index (χ3n) is 1.98. The zero-order chi connectivity index (χ0) is 13.1. The zero-order valence-electron chi connectivity index (χ0n) is 8.75. The van der Waals surface area contributed by atoms with Gasteiger partial charge in [0.15, 0.2) is 0 Å². The Morgan fingerprint density at radius 1 is 1.41 bits per heavy atom. The highest BCUT2D eigenvalue weighted by Gasteiger charge is 2.10. The number of aliphatic carboxylic acids is 1. The van der Waals surface area contributed by atoms with Gasteiger partial charge >= 0.3 is 16.3 Å². The highest BCUT2D eigenvalue weighted by molar-refractivity contribution is 7.87. The summed E-state index contributed by atoms with van der Waals surface area (Å²) in [4.78, 5) is 10.4. The summed E-state index contributed by atoms with van der Waals surface area (Å²) in [5.41, 5.74) is 6.41. The summed E-state index contributed by atoms with van der Waals surface area (Å²) in [6.45, 7) is 0. The Labute approximate surface area is 98.1 Å². The number of hydrogen-bond acceptors (Lipinski definition) is 4. The molecule has 0 amide bonds. The molecule has 17 heavy (non-hydrogen) atoms. The number of carbonyl (C=O) groups is 1. The predicted molar refractivity (Wildman–Crippen MR) is 62.0 cm³/mol. The number of carboxylic acid groups (broad SMARTS) is 1. The normalized spacial score (nSPS) is 11.1. The van der Waals surface area contributed by atoms with Gasteiger partial charge in [-0.3, -0.25) is 14.1 Å². The van der Waals surface area contributed by atoms with Crippen molar-refractivity contribution in [3.05, 3.63) is 23.8 Å². The van der Waals surface area contributed by atoms with Crippen molar-refractivity contribution in [3.63, 3.8) is 0 Å². The molecule has 1 rings (SSSR count). The fraction of sp³-hybridized carbons (Fsp3) is 0.222. The molecule has 0 aliphatic rings. The summed E-state index contributed by atoms with van der Waals surface area (Å²) in [5.74, 6) is -1.01. The standard InChI is InChI=1S/C9H12N2O5S/c10-7-2-3-8(11-17(14,15)16)6(5-7)1-4-9(12)13/h2-3,5,11H,1,4,10H2,(H,12,13)(H,14,15,16). The number of aryl methyl sites for hydroxylation is 1. The smallest absolute Gasteiger partial charge is 0.357 e. The molecule has 0 heterocycles. The second-order valence-corrected chi connectivity index (χ2v) is 4.54. The Balaban J connectivity index is 2.99. The maximum Gasteiger partial charge on any atom is 0.357 e. The van der Waals surface area contributed by atoms with Crippen molar-refractivity contribution in [1.82, 2.24) is 0 Å². The Morgan fingerprint density at radius 3 is 2.59 bits per heavy atom. The van der Waals surface area contributed by atoms with Crippen LogP contribution in [0.2, 0.25) is 0 Å². The van der Waals surface area contributed by atoms with Crippen molar-refractivity contribution < 1.29 is 22.9 Å². The molecule has 0 unspecified atom stereocenters. The number of hydrogen-bond donors (Lipinski definition) is 4. The van der Waals surface area contributed by atoms with E-state index >= 15 is 0 Å². The van der Waals surface area contributed by atoms with E-state index in [-0.39, 0.29) is 18.5 Å². The summed E-state index contributed by atoms with van der Waals surface area (Å²) >= 11 is 0. The minimum Gasteiger partial charge on any atom is -0.481 e. The van der Waals surface area contributed by atoms with Gasteiger partial charge in [-0.1, -0.05) is 0 Å². The number of nitrogens with one attached hydrogen (secondary N) is 1. The maximum atomic E-state index is 10.7. The largest absolute Gasteiger partial charge is 0.481 e. The van der Waals surface area contributed by atoms with Crippen LogP contribution >= 0.6 is 0 Å². The second-order valence-electron chi connectivity index (χ2n) is 3.39. The predicted octanol–water partition coefficient (Wildman–Crippen LogP) is 0.501. The van der Waals surface area contributed by atoms with Crippen LogP contribution in [0.4, 0.5) is 11.4 Å². The van der Waals surface area contributed by atoms with E-state index in [4.69, 9.17) is 15.4 Å². The van der Waals surface area contributed by atoms with Crippen LogP contribution in [0.3, 0.4) is 0 Å². The fourth-order valence-electron chi connectivity index (χ4n) is 1.30. The molecular weight excluding hydrogens is 248 g/mol. The monoisotopic (exact) mass is 260 g/mol. The molecule has 8 heteroatoms. The van der Waals surface area contributed by atoms with Crippen LogP contribution in [0.5, 0.6) is 0 Å². The molecule has 1 aromatic rings. The van der Waals surface area contributed by atoms with Crippen LogP contribution in [0.1, 0.15) is 12.0 Å². The van der Waals surface area contributed by atoms with Crippen molar-refractivity contribution in [2.75, 3.05) is 10.5 Å². The molecule has 0 aliphatic carbocycles. The van der Waals surface area contributed by atoms with E-state index in [1.807, 2.05) is 4.72 Å². The number of benzene rings is 1. The summed E-state index contributed by atoms with van der Waals surface area (Å²) in [7, 11) is -4.39. The number of nitrogen functional groups attached to an aromatic ring is 1. The highest BCUT2D eigenvalue weighted by Crippen LogP contribution is 2.21. The molecule has 7 nitrogen and oxygen atoms in total. The van der Waals surface area contributed by atoms with Gasteiger partial charge in [0, 0.05) is 12.1 Å². The van der Waals surface area contributed by atoms with Gasteiger partial charge in [0.05, 0.1) is 5.69 Å². The van der Waals surface area contributed by atoms with Crippen molar-refractivity contribution in [3.8, 4) is 0 Å². The molecule has 1 aromatic carbocycles. The molecule has 94 valence electrons. The van der Waals surface area contributed by atoms with Gasteiger partial charge in [-0.25, -0.2) is 0 Å². The first-order valence-electron chi connectivity index (χ1n) is 4.63. The Bertz CT molecular complexity index is 526. The van der Waals surface area contributed by atoms with Gasteiger partial charge < -0.3 is 10.8 Å². The number of nitrogens with two attached hydrogens (primary N) is 1. The lowest BCUT2D eigenvalue weighted by atomic mass is 10.1. The molecule has 0 saturated carbocycles. The summed E-state index contributed by atoms with van der Waals surface area (Å²) in [6, 6.07) is 4.26. The topological polar surface area (TPSA) is 130 Å². The summed E-state index contributed by atoms with van der Waals surface area (Å²) in [5, 5.41) is 8.55. The quantitative estimate of drug-likeness (QED) is 0.450. The maximum absolute atomic E-state index is 10.7. The molecular formula is C9H12N2O5S. The van der Waals surface area contributed by atoms with Crippen LogP contribution in [0, 0.1) is 0 Å². The first-order chi connectivity index (χ1) is 7.78. The van der Waals surface area contributed by atoms with Gasteiger partial charge in [0.2, 0.25) is 0 Å². The minimum absolute atomic E-state index is 0.109. The Hall–Kier alpha value is -1.80. The van der Waals surface area contributed by atoms with E-state index in [0.717, 1.165) is 0 Å². The molecule has 0 spiro atoms. The lowest BCUT2D eigenvalue weighted by molar-refractivity contribution is -0.136. The van der Waals surface area contributed by atoms with Crippen molar-refractivity contribution in [1.29, 1.82) is 0 Å². The van der Waals surface area contributed by atoms with E-state index in [2.05, 4.69) is 0 Å². The van der Waals surface area contributed by atoms with Crippen molar-refractivity contribution in [2.24, 2.45) is 0 Å². The van der Waals surface area contributed by atoms with Gasteiger partial charge in [-0.05, 0) is 30.2 Å². The molecule has 0 atom stereocenters. The molecule has 0 fully saturated rings. The number of anilines is 2. The molecule has 0 bridgehead atoms. The van der Waals surface area contributed by atoms with Crippen LogP contribution in [0.15, 0.2) is 18.2 Å². The lowest BCUT2D eigenvalue weighted by Gasteiger charge is -2.09. The summed E-state index contributed by atoms with van der Waals surface area (Å²) in [6.07, 6.45) is -0.0537. The second kappa shape index (κ2) is 5.02. The summed E-state index contributed by atoms with van der Waals surface area (Å²) < 4.78 is 31.9. The average Bonchev–Trinajstić information content (AvgIpc) is 2.16. The number of rotatable bonds is 5. The average molecular weight is 260 g/mol. The van der Waals surface area contributed by atoms with E-state index in [1.54, 1.807) is 0 Å². The van der Waals surface area contributed by atoms with Crippen LogP contribution < -0.4 is 10.5 Å². The van der Waals surface area contributed by atoms with E-state index in [0.29, 0.717) is 11.3 Å². The lowest BCUT2D eigenvalue weighted by Crippen LogP contribution is -2.12. The molecule has 0 aliphatic heterocycles. The van der Waals surface area contributed by atoms with Crippen LogP contribution in [-0.2, 0) is 21.5 Å². The SMILES string of the molecule is Nc1ccc(NS(=O)(=O)O)c(CCC(=O)O)c1. The number of carboxylic acids is 1. The molecule has 0 saturated heterocycles. The van der Waals surface area contributed by atoms with E-state index < -0.39 is 16.3 Å². The highest BCUT2D eigenvalue weighted by atomic mass is 32.2. The van der Waals surface area contributed by atoms with Gasteiger partial charge in [-0.15, -0.1) is 0 Å². The Morgan fingerprint density at radius 2 is 2.06 bits per heavy atom. The van der Waals surface area contributed by atoms with Crippen molar-refractivity contribution in [2.45, 2.75) is 12.8 Å². The van der Waals surface area contributed by atoms with E-state index in [9.17, 15) is 13.2 Å². The first kappa shape index (κ1) is 13.3. The molecule has 5 N–H and O–H groups in total. The van der Waals surface area contributed by atoms with E-state index in [1.165, 1.54) is 18.2 Å². The Kier molecular flexibility index (Phi) is 3.92. The van der Waals surface area contributed by atoms with Crippen LogP contribution in [-0.4, -0.2) is 24.0 Å². The molecule has 0 aromatic heterocycles. The fourth-order valence-corrected chi connectivity index (χ4v) is 1.78. The zero-order valence-corrected chi connectivity index (χ0v) is 9.57. The third kappa shape index (κ3) is 4.70. The van der Waals surface area contributed by atoms with Gasteiger partial charge in [0.1, 0.15) is 0 Å². The van der Waals surface area contributed by atoms with Crippen molar-refractivity contribution >= 4 is 27.6 Å². The molecule has 0 radical (unpaired) electrons. The van der Waals surface area contributed by atoms with Gasteiger partial charge in [-0.2, -0.15) is 8.42 Å². The van der Waals surface area contributed by atoms with Crippen LogP contribution in [0.25, 0.3) is 0 Å². The first-order valence-corrected chi connectivity index (χ1v) is 6.07. The minimum atomic E-state index is -4.39. The van der Waals surface area contributed by atoms with Gasteiger partial charge in [0.25, 0.3) is 0 Å².